The van der Waals surface area contributed by atoms with E-state index in [9.17, 15) is 4.79 Å². The Morgan fingerprint density at radius 2 is 1.85 bits per heavy atom. The Morgan fingerprint density at radius 3 is 2.46 bits per heavy atom. The molecule has 0 aliphatic rings. The molecule has 0 aromatic carbocycles. The zero-order valence-corrected chi connectivity index (χ0v) is 7.19. The van der Waals surface area contributed by atoms with E-state index in [0.29, 0.717) is 5.42 Å². The minimum Gasteiger partial charge on any atom is -0.423 e. The van der Waals surface area contributed by atoms with Gasteiger partial charge in [-0.15, -0.1) is 0 Å². The second-order valence-electron chi connectivity index (χ2n) is 2.38. The number of hydrogen-bond acceptors (Lipinski definition) is 2. The highest BCUT2D eigenvalue weighted by molar-refractivity contribution is 5.39. The first-order valence-electron chi connectivity index (χ1n) is 3.83. The van der Waals surface area contributed by atoms with Crippen molar-refractivity contribution in [2.75, 3.05) is 0 Å². The average Bonchev–Trinajstić information content (AvgIpc) is 2.10. The fourth-order valence-electron chi connectivity index (χ4n) is 0.943. The van der Waals surface area contributed by atoms with Crippen LogP contribution in [-0.2, 0) is 0 Å². The van der Waals surface area contributed by atoms with E-state index in [0.717, 1.165) is 5.22 Å². The quantitative estimate of drug-likeness (QED) is 0.656. The van der Waals surface area contributed by atoms with Crippen LogP contribution in [0.3, 0.4) is 0 Å². The molecule has 0 radical (unpaired) electrons. The van der Waals surface area contributed by atoms with Crippen molar-refractivity contribution in [3.05, 3.63) is 58.5 Å². The van der Waals surface area contributed by atoms with E-state index in [1.54, 1.807) is 30.4 Å². The van der Waals surface area contributed by atoms with Crippen LogP contribution in [0.4, 0.5) is 0 Å². The van der Waals surface area contributed by atoms with E-state index in [2.05, 4.69) is 13.2 Å². The van der Waals surface area contributed by atoms with Crippen molar-refractivity contribution in [3.8, 4) is 0 Å². The normalized spacial score (nSPS) is 12.9. The molecule has 1 aromatic heterocycles. The van der Waals surface area contributed by atoms with Gasteiger partial charge in [-0.2, -0.15) is 0 Å². The molecule has 13 heavy (non-hydrogen) atoms. The summed E-state index contributed by atoms with van der Waals surface area (Å²) >= 11 is 0. The monoisotopic (exact) mass is 174 g/mol. The predicted octanol–water partition coefficient (Wildman–Crippen LogP) is 0.573. The van der Waals surface area contributed by atoms with E-state index < -0.39 is 0 Å². The second kappa shape index (κ2) is 4.26. The van der Waals surface area contributed by atoms with Gasteiger partial charge in [0.25, 0.3) is 0 Å². The third kappa shape index (κ3) is 2.30. The van der Waals surface area contributed by atoms with Crippen LogP contribution in [0.25, 0.3) is 12.2 Å². The first kappa shape index (κ1) is 9.26. The van der Waals surface area contributed by atoms with Gasteiger partial charge < -0.3 is 4.42 Å². The molecule has 0 saturated heterocycles. The molecule has 0 aliphatic heterocycles. The van der Waals surface area contributed by atoms with Gasteiger partial charge in [0.05, 0.1) is 0 Å². The molecule has 0 unspecified atom stereocenters. The van der Waals surface area contributed by atoms with Gasteiger partial charge in [0.1, 0.15) is 5.42 Å². The predicted molar refractivity (Wildman–Crippen MR) is 53.6 cm³/mol. The van der Waals surface area contributed by atoms with Crippen molar-refractivity contribution >= 4 is 12.2 Å². The van der Waals surface area contributed by atoms with Crippen molar-refractivity contribution < 1.29 is 4.42 Å². The Labute approximate surface area is 75.8 Å². The Kier molecular flexibility index (Phi) is 3.03. The van der Waals surface area contributed by atoms with Gasteiger partial charge in [0.15, 0.2) is 0 Å². The van der Waals surface area contributed by atoms with Crippen molar-refractivity contribution in [1.29, 1.82) is 0 Å². The Hall–Kier alpha value is -1.83. The zero-order chi connectivity index (χ0) is 9.68. The number of allylic oxidation sites excluding steroid dienone is 2. The van der Waals surface area contributed by atoms with Crippen LogP contribution in [-0.4, -0.2) is 0 Å². The summed E-state index contributed by atoms with van der Waals surface area (Å²) in [7, 11) is 0. The van der Waals surface area contributed by atoms with Crippen LogP contribution >= 0.6 is 0 Å². The number of hydrogen-bond donors (Lipinski definition) is 0. The molecule has 2 heteroatoms. The maximum Gasteiger partial charge on any atom is 0.336 e. The summed E-state index contributed by atoms with van der Waals surface area (Å²) in [6.07, 6.45) is 6.60. The van der Waals surface area contributed by atoms with E-state index >= 15 is 0 Å². The van der Waals surface area contributed by atoms with Crippen LogP contribution < -0.4 is 16.3 Å². The molecule has 0 atom stereocenters. The van der Waals surface area contributed by atoms with Crippen molar-refractivity contribution in [2.24, 2.45) is 0 Å². The van der Waals surface area contributed by atoms with E-state index in [1.807, 2.05) is 0 Å². The number of rotatable bonds is 2. The SMILES string of the molecule is C=C/C=c1/ccc(=O)o/c1=C/C=C. The Balaban J connectivity index is 3.63. The Bertz CT molecular complexity index is 478. The summed E-state index contributed by atoms with van der Waals surface area (Å²) < 4.78 is 4.94. The molecule has 1 rings (SSSR count). The summed E-state index contributed by atoms with van der Waals surface area (Å²) in [6, 6.07) is 3.05. The summed E-state index contributed by atoms with van der Waals surface area (Å²) in [5.41, 5.74) is 0.136. The van der Waals surface area contributed by atoms with E-state index in [1.165, 1.54) is 6.07 Å². The van der Waals surface area contributed by atoms with Crippen LogP contribution in [0.5, 0.6) is 0 Å². The van der Waals surface area contributed by atoms with Crippen LogP contribution in [0.1, 0.15) is 0 Å². The fourth-order valence-corrected chi connectivity index (χ4v) is 0.943. The lowest BCUT2D eigenvalue weighted by atomic mass is 10.3. The van der Waals surface area contributed by atoms with Gasteiger partial charge in [-0.25, -0.2) is 4.79 Å². The molecule has 0 saturated carbocycles. The minimum atomic E-state index is -0.366. The highest BCUT2D eigenvalue weighted by Gasteiger charge is 1.87. The lowest BCUT2D eigenvalue weighted by Crippen LogP contribution is -2.27. The molecule has 2 nitrogen and oxygen atoms in total. The Morgan fingerprint density at radius 1 is 1.15 bits per heavy atom. The summed E-state index contributed by atoms with van der Waals surface area (Å²) in [5.74, 6) is 0. The molecule has 0 spiro atoms. The van der Waals surface area contributed by atoms with Gasteiger partial charge in [0.2, 0.25) is 0 Å². The largest absolute Gasteiger partial charge is 0.423 e. The molecule has 0 amide bonds. The van der Waals surface area contributed by atoms with E-state index in [4.69, 9.17) is 4.42 Å². The van der Waals surface area contributed by atoms with Crippen LogP contribution in [0, 0.1) is 0 Å². The standard InChI is InChI=1S/C11H10O2/c1-3-5-9-7-8-11(12)13-10(9)6-4-2/h3-8H,1-2H2/b9-5-,10-6+. The summed E-state index contributed by atoms with van der Waals surface area (Å²) in [4.78, 5) is 10.9. The molecule has 0 N–H and O–H groups in total. The topological polar surface area (TPSA) is 30.2 Å². The van der Waals surface area contributed by atoms with Crippen molar-refractivity contribution in [2.45, 2.75) is 0 Å². The van der Waals surface area contributed by atoms with Gasteiger partial charge in [-0.05, 0) is 12.1 Å². The van der Waals surface area contributed by atoms with Gasteiger partial charge in [0, 0.05) is 11.3 Å². The van der Waals surface area contributed by atoms with Gasteiger partial charge in [-0.3, -0.25) is 0 Å². The van der Waals surface area contributed by atoms with Gasteiger partial charge in [-0.1, -0.05) is 31.4 Å². The molecule has 66 valence electrons. The highest BCUT2D eigenvalue weighted by atomic mass is 16.4. The van der Waals surface area contributed by atoms with Crippen LogP contribution in [0.2, 0.25) is 0 Å². The summed E-state index contributed by atoms with van der Waals surface area (Å²) in [5, 5.41) is 0.814. The molecular formula is C11H10O2. The lowest BCUT2D eigenvalue weighted by Gasteiger charge is -1.86. The van der Waals surface area contributed by atoms with Crippen LogP contribution in [0.15, 0.2) is 46.7 Å². The third-order valence-electron chi connectivity index (χ3n) is 1.46. The first-order chi connectivity index (χ1) is 6.27. The maximum absolute atomic E-state index is 10.9. The average molecular weight is 174 g/mol. The molecule has 0 aliphatic carbocycles. The van der Waals surface area contributed by atoms with Crippen molar-refractivity contribution in [1.82, 2.24) is 0 Å². The zero-order valence-electron chi connectivity index (χ0n) is 7.19. The smallest absolute Gasteiger partial charge is 0.336 e. The molecule has 1 heterocycles. The van der Waals surface area contributed by atoms with Crippen molar-refractivity contribution in [3.63, 3.8) is 0 Å². The van der Waals surface area contributed by atoms with E-state index in [-0.39, 0.29) is 5.63 Å². The fraction of sp³-hybridized carbons (Fsp3) is 0. The summed E-state index contributed by atoms with van der Waals surface area (Å²) in [6.45, 7) is 7.09. The second-order valence-corrected chi connectivity index (χ2v) is 2.38. The molecular weight excluding hydrogens is 164 g/mol. The highest BCUT2D eigenvalue weighted by Crippen LogP contribution is 1.68. The molecule has 0 fully saturated rings. The lowest BCUT2D eigenvalue weighted by molar-refractivity contribution is 0.474. The van der Waals surface area contributed by atoms with Gasteiger partial charge >= 0.3 is 5.63 Å². The first-order valence-corrected chi connectivity index (χ1v) is 3.83. The third-order valence-corrected chi connectivity index (χ3v) is 1.46. The minimum absolute atomic E-state index is 0.366. The maximum atomic E-state index is 10.9. The molecule has 0 bridgehead atoms. The molecule has 1 aromatic rings.